The number of primary amides is 1. The third kappa shape index (κ3) is 2.55. The average molecular weight is 225 g/mol. The van der Waals surface area contributed by atoms with Gasteiger partial charge in [0.1, 0.15) is 5.54 Å². The topological polar surface area (TPSA) is 58.4 Å². The molecule has 2 rings (SSSR count). The molecule has 2 fully saturated rings. The number of likely N-dealkylation sites (N-methyl/N-ethyl adjacent to an activating group) is 1. The second-order valence-electron chi connectivity index (χ2n) is 5.61. The Morgan fingerprint density at radius 3 is 2.44 bits per heavy atom. The lowest BCUT2D eigenvalue weighted by Gasteiger charge is -2.40. The number of carbonyl (C=O) groups excluding carboxylic acids is 1. The van der Waals surface area contributed by atoms with Crippen LogP contribution >= 0.6 is 0 Å². The highest BCUT2D eigenvalue weighted by molar-refractivity contribution is 5.84. The van der Waals surface area contributed by atoms with Crippen molar-refractivity contribution >= 4 is 5.91 Å². The zero-order valence-corrected chi connectivity index (χ0v) is 10.3. The molecule has 0 radical (unpaired) electrons. The fourth-order valence-corrected chi connectivity index (χ4v) is 2.33. The van der Waals surface area contributed by atoms with E-state index < -0.39 is 5.54 Å². The molecule has 1 unspecified atom stereocenters. The second kappa shape index (κ2) is 4.34. The molecule has 0 spiro atoms. The Kier molecular flexibility index (Phi) is 3.22. The van der Waals surface area contributed by atoms with E-state index in [1.54, 1.807) is 0 Å². The van der Waals surface area contributed by atoms with Gasteiger partial charge in [-0.2, -0.15) is 0 Å². The summed E-state index contributed by atoms with van der Waals surface area (Å²) >= 11 is 0. The van der Waals surface area contributed by atoms with Crippen molar-refractivity contribution in [3.05, 3.63) is 0 Å². The fourth-order valence-electron chi connectivity index (χ4n) is 2.33. The molecule has 2 saturated carbocycles. The number of rotatable bonds is 6. The van der Waals surface area contributed by atoms with E-state index in [9.17, 15) is 4.79 Å². The largest absolute Gasteiger partial charge is 0.368 e. The predicted molar refractivity (Wildman–Crippen MR) is 64.0 cm³/mol. The Morgan fingerprint density at radius 1 is 1.44 bits per heavy atom. The number of nitrogens with two attached hydrogens (primary N) is 1. The van der Waals surface area contributed by atoms with Crippen LogP contribution in [-0.4, -0.2) is 42.0 Å². The van der Waals surface area contributed by atoms with Crippen molar-refractivity contribution in [3.63, 3.8) is 0 Å². The van der Waals surface area contributed by atoms with Crippen LogP contribution in [0.3, 0.4) is 0 Å². The first-order chi connectivity index (χ1) is 7.51. The second-order valence-corrected chi connectivity index (χ2v) is 5.61. The van der Waals surface area contributed by atoms with Crippen LogP contribution in [0, 0.1) is 0 Å². The smallest absolute Gasteiger partial charge is 0.238 e. The van der Waals surface area contributed by atoms with E-state index in [1.165, 1.54) is 32.1 Å². The first kappa shape index (κ1) is 11.9. The minimum absolute atomic E-state index is 0.231. The Labute approximate surface area is 97.6 Å². The highest BCUT2D eigenvalue weighted by atomic mass is 16.1. The molecule has 4 heteroatoms. The molecule has 1 atom stereocenters. The lowest BCUT2D eigenvalue weighted by molar-refractivity contribution is -0.125. The summed E-state index contributed by atoms with van der Waals surface area (Å²) in [7, 11) is 2.10. The minimum atomic E-state index is -0.564. The highest BCUT2D eigenvalue weighted by Gasteiger charge is 2.39. The summed E-state index contributed by atoms with van der Waals surface area (Å²) in [6.07, 6.45) is 6.19. The van der Waals surface area contributed by atoms with Crippen LogP contribution in [0.15, 0.2) is 0 Å². The van der Waals surface area contributed by atoms with Crippen LogP contribution in [0.25, 0.3) is 0 Å². The SMILES string of the molecule is CN(CC(C)(NC1CC1)C(N)=O)C1CCC1. The number of hydrogen-bond acceptors (Lipinski definition) is 3. The van der Waals surface area contributed by atoms with Gasteiger partial charge in [-0.3, -0.25) is 10.1 Å². The summed E-state index contributed by atoms with van der Waals surface area (Å²) in [6, 6.07) is 1.16. The number of carbonyl (C=O) groups is 1. The summed E-state index contributed by atoms with van der Waals surface area (Å²) in [4.78, 5) is 13.9. The van der Waals surface area contributed by atoms with E-state index in [2.05, 4.69) is 17.3 Å². The highest BCUT2D eigenvalue weighted by Crippen LogP contribution is 2.27. The van der Waals surface area contributed by atoms with Crippen LogP contribution in [0.1, 0.15) is 39.0 Å². The van der Waals surface area contributed by atoms with Crippen molar-refractivity contribution in [2.45, 2.75) is 56.7 Å². The van der Waals surface area contributed by atoms with Crippen molar-refractivity contribution in [1.82, 2.24) is 10.2 Å². The molecule has 0 aromatic rings. The molecule has 0 saturated heterocycles. The quantitative estimate of drug-likeness (QED) is 0.691. The molecule has 92 valence electrons. The zero-order valence-electron chi connectivity index (χ0n) is 10.3. The van der Waals surface area contributed by atoms with E-state index >= 15 is 0 Å². The third-order valence-electron chi connectivity index (χ3n) is 3.91. The van der Waals surface area contributed by atoms with Gasteiger partial charge >= 0.3 is 0 Å². The van der Waals surface area contributed by atoms with Crippen molar-refractivity contribution in [1.29, 1.82) is 0 Å². The Hall–Kier alpha value is -0.610. The van der Waals surface area contributed by atoms with Gasteiger partial charge in [0.05, 0.1) is 0 Å². The first-order valence-electron chi connectivity index (χ1n) is 6.29. The lowest BCUT2D eigenvalue weighted by Crippen LogP contribution is -2.61. The van der Waals surface area contributed by atoms with Gasteiger partial charge in [0.25, 0.3) is 0 Å². The van der Waals surface area contributed by atoms with E-state index in [0.717, 1.165) is 6.54 Å². The molecule has 0 aromatic heterocycles. The Bertz CT molecular complexity index is 273. The lowest BCUT2D eigenvalue weighted by atomic mass is 9.90. The van der Waals surface area contributed by atoms with Gasteiger partial charge < -0.3 is 10.6 Å². The molecule has 0 heterocycles. The van der Waals surface area contributed by atoms with Gasteiger partial charge in [0, 0.05) is 18.6 Å². The Balaban J connectivity index is 1.91. The van der Waals surface area contributed by atoms with Crippen LogP contribution in [0.2, 0.25) is 0 Å². The van der Waals surface area contributed by atoms with Gasteiger partial charge in [-0.05, 0) is 39.7 Å². The molecule has 4 nitrogen and oxygen atoms in total. The standard InChI is InChI=1S/C12H23N3O/c1-12(11(13)16,14-9-6-7-9)8-15(2)10-4-3-5-10/h9-10,14H,3-8H2,1-2H3,(H2,13,16). The number of amides is 1. The van der Waals surface area contributed by atoms with Crippen LogP contribution in [0.4, 0.5) is 0 Å². The summed E-state index contributed by atoms with van der Waals surface area (Å²) in [5.74, 6) is -0.231. The molecule has 0 bridgehead atoms. The maximum absolute atomic E-state index is 11.6. The first-order valence-corrected chi connectivity index (χ1v) is 6.29. The number of nitrogens with one attached hydrogen (secondary N) is 1. The Morgan fingerprint density at radius 2 is 2.06 bits per heavy atom. The third-order valence-corrected chi connectivity index (χ3v) is 3.91. The van der Waals surface area contributed by atoms with Gasteiger partial charge in [0.2, 0.25) is 5.91 Å². The maximum Gasteiger partial charge on any atom is 0.238 e. The van der Waals surface area contributed by atoms with Crippen LogP contribution < -0.4 is 11.1 Å². The molecule has 3 N–H and O–H groups in total. The molecule has 0 aliphatic heterocycles. The molecular weight excluding hydrogens is 202 g/mol. The fraction of sp³-hybridized carbons (Fsp3) is 0.917. The normalized spacial score (nSPS) is 25.2. The number of hydrogen-bond donors (Lipinski definition) is 2. The summed E-state index contributed by atoms with van der Waals surface area (Å²) < 4.78 is 0. The van der Waals surface area contributed by atoms with E-state index in [-0.39, 0.29) is 5.91 Å². The van der Waals surface area contributed by atoms with Gasteiger partial charge in [-0.1, -0.05) is 6.42 Å². The molecule has 16 heavy (non-hydrogen) atoms. The summed E-state index contributed by atoms with van der Waals surface area (Å²) in [5.41, 5.74) is 4.96. The van der Waals surface area contributed by atoms with Gasteiger partial charge in [-0.15, -0.1) is 0 Å². The summed E-state index contributed by atoms with van der Waals surface area (Å²) in [6.45, 7) is 2.66. The molecular formula is C12H23N3O. The monoisotopic (exact) mass is 225 g/mol. The minimum Gasteiger partial charge on any atom is -0.368 e. The predicted octanol–water partition coefficient (Wildman–Crippen LogP) is 0.467. The van der Waals surface area contributed by atoms with E-state index in [0.29, 0.717) is 12.1 Å². The van der Waals surface area contributed by atoms with Crippen LogP contribution in [-0.2, 0) is 4.79 Å². The maximum atomic E-state index is 11.6. The van der Waals surface area contributed by atoms with E-state index in [1.807, 2.05) is 6.92 Å². The van der Waals surface area contributed by atoms with Crippen molar-refractivity contribution in [2.75, 3.05) is 13.6 Å². The van der Waals surface area contributed by atoms with E-state index in [4.69, 9.17) is 5.73 Å². The molecule has 2 aliphatic carbocycles. The summed E-state index contributed by atoms with van der Waals surface area (Å²) in [5, 5.41) is 3.38. The van der Waals surface area contributed by atoms with Crippen molar-refractivity contribution in [3.8, 4) is 0 Å². The zero-order chi connectivity index (χ0) is 11.8. The van der Waals surface area contributed by atoms with Crippen molar-refractivity contribution in [2.24, 2.45) is 5.73 Å². The molecule has 1 amide bonds. The van der Waals surface area contributed by atoms with Gasteiger partial charge in [0.15, 0.2) is 0 Å². The molecule has 0 aromatic carbocycles. The number of nitrogens with zero attached hydrogens (tertiary/aromatic N) is 1. The van der Waals surface area contributed by atoms with Crippen molar-refractivity contribution < 1.29 is 4.79 Å². The van der Waals surface area contributed by atoms with Crippen LogP contribution in [0.5, 0.6) is 0 Å². The molecule has 2 aliphatic rings. The van der Waals surface area contributed by atoms with Gasteiger partial charge in [-0.25, -0.2) is 0 Å². The average Bonchev–Trinajstić information content (AvgIpc) is 2.83.